The van der Waals surface area contributed by atoms with Crippen LogP contribution in [0.5, 0.6) is 0 Å². The van der Waals surface area contributed by atoms with Gasteiger partial charge in [0, 0.05) is 19.0 Å². The Labute approximate surface area is 119 Å². The Bertz CT molecular complexity index is 562. The van der Waals surface area contributed by atoms with Gasteiger partial charge in [-0.25, -0.2) is 13.1 Å². The Balaban J connectivity index is 2.70. The van der Waals surface area contributed by atoms with Gasteiger partial charge in [0.25, 0.3) is 0 Å². The molecule has 1 rings (SSSR count). The van der Waals surface area contributed by atoms with E-state index < -0.39 is 10.0 Å². The van der Waals surface area contributed by atoms with Crippen molar-refractivity contribution in [1.82, 2.24) is 10.0 Å². The predicted molar refractivity (Wildman–Crippen MR) is 78.7 cm³/mol. The number of benzene rings is 1. The first-order valence-electron chi connectivity index (χ1n) is 6.38. The average Bonchev–Trinajstić information content (AvgIpc) is 2.26. The average molecular weight is 299 g/mol. The maximum atomic E-state index is 12.2. The highest BCUT2D eigenvalue weighted by molar-refractivity contribution is 7.89. The standard InChI is InChI=1S/C13H21N3O3S/c1-9(2)16-12(17)7-8-15-20(18,19)13-10(3)5-4-6-11(13)14/h4-6,9,15H,7-8,14H2,1-3H3,(H,16,17). The molecule has 0 saturated carbocycles. The molecule has 7 heteroatoms. The highest BCUT2D eigenvalue weighted by Crippen LogP contribution is 2.21. The van der Waals surface area contributed by atoms with E-state index in [1.165, 1.54) is 6.07 Å². The van der Waals surface area contributed by atoms with Crippen LogP contribution < -0.4 is 15.8 Å². The largest absolute Gasteiger partial charge is 0.398 e. The predicted octanol–water partition coefficient (Wildman–Crippen LogP) is 0.770. The monoisotopic (exact) mass is 299 g/mol. The van der Waals surface area contributed by atoms with Gasteiger partial charge >= 0.3 is 0 Å². The number of sulfonamides is 1. The number of hydrogen-bond donors (Lipinski definition) is 3. The van der Waals surface area contributed by atoms with Gasteiger partial charge in [-0.1, -0.05) is 12.1 Å². The molecule has 1 aromatic carbocycles. The van der Waals surface area contributed by atoms with Crippen molar-refractivity contribution in [2.75, 3.05) is 12.3 Å². The second kappa shape index (κ2) is 6.71. The van der Waals surface area contributed by atoms with E-state index in [0.29, 0.717) is 5.56 Å². The molecule has 112 valence electrons. The van der Waals surface area contributed by atoms with E-state index in [0.717, 1.165) is 0 Å². The highest BCUT2D eigenvalue weighted by Gasteiger charge is 2.19. The van der Waals surface area contributed by atoms with Crippen LogP contribution in [0.25, 0.3) is 0 Å². The van der Waals surface area contributed by atoms with Crippen LogP contribution in [0.15, 0.2) is 23.1 Å². The van der Waals surface area contributed by atoms with E-state index in [2.05, 4.69) is 10.0 Å². The van der Waals surface area contributed by atoms with Crippen molar-refractivity contribution in [3.63, 3.8) is 0 Å². The fourth-order valence-electron chi connectivity index (χ4n) is 1.81. The van der Waals surface area contributed by atoms with Crippen molar-refractivity contribution in [2.45, 2.75) is 38.1 Å². The molecule has 0 aliphatic heterocycles. The first-order valence-corrected chi connectivity index (χ1v) is 7.86. The van der Waals surface area contributed by atoms with Crippen molar-refractivity contribution >= 4 is 21.6 Å². The minimum absolute atomic E-state index is 0.0334. The Kier molecular flexibility index (Phi) is 5.52. The Morgan fingerprint density at radius 1 is 1.35 bits per heavy atom. The van der Waals surface area contributed by atoms with E-state index in [9.17, 15) is 13.2 Å². The SMILES string of the molecule is Cc1cccc(N)c1S(=O)(=O)NCCC(=O)NC(C)C. The van der Waals surface area contributed by atoms with Crippen molar-refractivity contribution in [3.05, 3.63) is 23.8 Å². The van der Waals surface area contributed by atoms with Crippen molar-refractivity contribution in [3.8, 4) is 0 Å². The summed E-state index contributed by atoms with van der Waals surface area (Å²) in [7, 11) is -3.70. The molecule has 0 spiro atoms. The number of carbonyl (C=O) groups excluding carboxylic acids is 1. The second-order valence-corrected chi connectivity index (χ2v) is 6.57. The second-order valence-electron chi connectivity index (χ2n) is 4.86. The minimum Gasteiger partial charge on any atom is -0.398 e. The molecule has 0 bridgehead atoms. The van der Waals surface area contributed by atoms with E-state index in [1.807, 2.05) is 13.8 Å². The van der Waals surface area contributed by atoms with Crippen molar-refractivity contribution in [2.24, 2.45) is 0 Å². The molecule has 0 radical (unpaired) electrons. The first kappa shape index (κ1) is 16.5. The summed E-state index contributed by atoms with van der Waals surface area (Å²) in [6.45, 7) is 5.40. The van der Waals surface area contributed by atoms with Crippen LogP contribution in [-0.4, -0.2) is 26.9 Å². The van der Waals surface area contributed by atoms with Gasteiger partial charge in [-0.3, -0.25) is 4.79 Å². The van der Waals surface area contributed by atoms with E-state index in [-0.39, 0.29) is 35.5 Å². The summed E-state index contributed by atoms with van der Waals surface area (Å²) in [5.74, 6) is -0.194. The van der Waals surface area contributed by atoms with Crippen molar-refractivity contribution in [1.29, 1.82) is 0 Å². The number of carbonyl (C=O) groups is 1. The highest BCUT2D eigenvalue weighted by atomic mass is 32.2. The Morgan fingerprint density at radius 2 is 2.00 bits per heavy atom. The number of amides is 1. The molecule has 0 unspecified atom stereocenters. The van der Waals surface area contributed by atoms with Crippen LogP contribution in [-0.2, 0) is 14.8 Å². The van der Waals surface area contributed by atoms with Gasteiger partial charge in [-0.05, 0) is 32.4 Å². The van der Waals surface area contributed by atoms with Gasteiger partial charge < -0.3 is 11.1 Å². The maximum Gasteiger partial charge on any atom is 0.242 e. The van der Waals surface area contributed by atoms with Gasteiger partial charge in [0.1, 0.15) is 4.90 Å². The number of nitrogens with two attached hydrogens (primary N) is 1. The molecule has 20 heavy (non-hydrogen) atoms. The molecule has 1 amide bonds. The molecule has 0 atom stereocenters. The lowest BCUT2D eigenvalue weighted by Crippen LogP contribution is -2.34. The molecule has 0 aromatic heterocycles. The number of nitrogen functional groups attached to an aromatic ring is 1. The van der Waals surface area contributed by atoms with E-state index >= 15 is 0 Å². The third-order valence-corrected chi connectivity index (χ3v) is 4.28. The number of aryl methyl sites for hydroxylation is 1. The lowest BCUT2D eigenvalue weighted by Gasteiger charge is -2.12. The van der Waals surface area contributed by atoms with Gasteiger partial charge in [-0.2, -0.15) is 0 Å². The topological polar surface area (TPSA) is 101 Å². The third kappa shape index (κ3) is 4.50. The molecular weight excluding hydrogens is 278 g/mol. The fraction of sp³-hybridized carbons (Fsp3) is 0.462. The van der Waals surface area contributed by atoms with E-state index in [1.54, 1.807) is 19.1 Å². The normalized spacial score (nSPS) is 11.6. The fourth-order valence-corrected chi connectivity index (χ4v) is 3.19. The first-order chi connectivity index (χ1) is 9.24. The minimum atomic E-state index is -3.70. The molecular formula is C13H21N3O3S. The van der Waals surface area contributed by atoms with Crippen LogP contribution in [0.1, 0.15) is 25.8 Å². The molecule has 0 aliphatic rings. The number of rotatable bonds is 6. The summed E-state index contributed by atoms with van der Waals surface area (Å²) in [4.78, 5) is 11.5. The summed E-state index contributed by atoms with van der Waals surface area (Å²) in [5, 5.41) is 2.69. The zero-order chi connectivity index (χ0) is 15.3. The Morgan fingerprint density at radius 3 is 2.55 bits per heavy atom. The van der Waals surface area contributed by atoms with Crippen LogP contribution in [0.2, 0.25) is 0 Å². The van der Waals surface area contributed by atoms with Crippen LogP contribution in [0.3, 0.4) is 0 Å². The van der Waals surface area contributed by atoms with Crippen LogP contribution in [0, 0.1) is 6.92 Å². The smallest absolute Gasteiger partial charge is 0.242 e. The molecule has 1 aromatic rings. The zero-order valence-corrected chi connectivity index (χ0v) is 12.8. The van der Waals surface area contributed by atoms with Crippen LogP contribution >= 0.6 is 0 Å². The number of anilines is 1. The van der Waals surface area contributed by atoms with Gasteiger partial charge in [-0.15, -0.1) is 0 Å². The maximum absolute atomic E-state index is 12.2. The van der Waals surface area contributed by atoms with Crippen molar-refractivity contribution < 1.29 is 13.2 Å². The molecule has 0 fully saturated rings. The number of nitrogens with one attached hydrogen (secondary N) is 2. The number of hydrogen-bond acceptors (Lipinski definition) is 4. The third-order valence-electron chi connectivity index (χ3n) is 2.60. The molecule has 0 aliphatic carbocycles. The summed E-state index contributed by atoms with van der Waals surface area (Å²) in [5.41, 5.74) is 6.48. The summed E-state index contributed by atoms with van der Waals surface area (Å²) < 4.78 is 26.7. The van der Waals surface area contributed by atoms with E-state index in [4.69, 9.17) is 5.73 Å². The van der Waals surface area contributed by atoms with Gasteiger partial charge in [0.05, 0.1) is 5.69 Å². The summed E-state index contributed by atoms with van der Waals surface area (Å²) >= 11 is 0. The summed E-state index contributed by atoms with van der Waals surface area (Å²) in [6, 6.07) is 4.94. The van der Waals surface area contributed by atoms with Gasteiger partial charge in [0.15, 0.2) is 0 Å². The zero-order valence-electron chi connectivity index (χ0n) is 11.9. The summed E-state index contributed by atoms with van der Waals surface area (Å²) in [6.07, 6.45) is 0.0865. The molecule has 4 N–H and O–H groups in total. The molecule has 6 nitrogen and oxygen atoms in total. The Hall–Kier alpha value is -1.60. The lowest BCUT2D eigenvalue weighted by molar-refractivity contribution is -0.121. The lowest BCUT2D eigenvalue weighted by atomic mass is 10.2. The van der Waals surface area contributed by atoms with Gasteiger partial charge in [0.2, 0.25) is 15.9 Å². The molecule has 0 saturated heterocycles. The van der Waals surface area contributed by atoms with Crippen LogP contribution in [0.4, 0.5) is 5.69 Å². The molecule has 0 heterocycles. The quantitative estimate of drug-likeness (QED) is 0.675.